The van der Waals surface area contributed by atoms with Crippen LogP contribution in [-0.2, 0) is 4.79 Å². The predicted molar refractivity (Wildman–Crippen MR) is 111 cm³/mol. The highest BCUT2D eigenvalue weighted by Gasteiger charge is 2.10. The number of benzene rings is 2. The standard InChI is InChI=1S/C21H26BrNO4/c1-14(2)15-7-9-19(17(22)12-15)27-11-5-6-21(24)23-18-13-16(25-3)8-10-20(18)26-4/h7-10,12-14H,5-6,11H2,1-4H3,(H,23,24). The Hall–Kier alpha value is -2.21. The summed E-state index contributed by atoms with van der Waals surface area (Å²) in [7, 11) is 3.14. The Labute approximate surface area is 169 Å². The lowest BCUT2D eigenvalue weighted by Crippen LogP contribution is -2.13. The Morgan fingerprint density at radius 2 is 1.81 bits per heavy atom. The van der Waals surface area contributed by atoms with Crippen molar-refractivity contribution in [2.24, 2.45) is 0 Å². The summed E-state index contributed by atoms with van der Waals surface area (Å²) in [4.78, 5) is 12.2. The van der Waals surface area contributed by atoms with Gasteiger partial charge in [0.2, 0.25) is 5.91 Å². The number of carbonyl (C=O) groups excluding carboxylic acids is 1. The number of anilines is 1. The molecule has 0 aliphatic carbocycles. The quantitative estimate of drug-likeness (QED) is 0.536. The molecule has 5 nitrogen and oxygen atoms in total. The molecule has 0 aliphatic rings. The molecular formula is C21H26BrNO4. The molecule has 0 saturated carbocycles. The van der Waals surface area contributed by atoms with E-state index in [0.717, 1.165) is 10.2 Å². The molecule has 2 rings (SSSR count). The number of carbonyl (C=O) groups is 1. The predicted octanol–water partition coefficient (Wildman–Crippen LogP) is 5.39. The molecule has 1 amide bonds. The minimum absolute atomic E-state index is 0.0978. The normalized spacial score (nSPS) is 10.6. The van der Waals surface area contributed by atoms with Crippen molar-refractivity contribution in [3.05, 3.63) is 46.4 Å². The van der Waals surface area contributed by atoms with Crippen LogP contribution in [0.25, 0.3) is 0 Å². The fourth-order valence-corrected chi connectivity index (χ4v) is 3.04. The molecule has 0 bridgehead atoms. The van der Waals surface area contributed by atoms with Gasteiger partial charge in [-0.2, -0.15) is 0 Å². The first-order valence-electron chi connectivity index (χ1n) is 8.88. The van der Waals surface area contributed by atoms with Gasteiger partial charge in [-0.25, -0.2) is 0 Å². The Balaban J connectivity index is 1.83. The molecule has 0 saturated heterocycles. The van der Waals surface area contributed by atoms with E-state index in [1.54, 1.807) is 32.4 Å². The summed E-state index contributed by atoms with van der Waals surface area (Å²) in [5, 5.41) is 2.86. The van der Waals surface area contributed by atoms with Crippen LogP contribution in [0.5, 0.6) is 17.2 Å². The second-order valence-corrected chi connectivity index (χ2v) is 7.27. The second kappa shape index (κ2) is 10.2. The third-order valence-electron chi connectivity index (χ3n) is 4.11. The minimum Gasteiger partial charge on any atom is -0.497 e. The van der Waals surface area contributed by atoms with Crippen molar-refractivity contribution in [2.45, 2.75) is 32.6 Å². The third-order valence-corrected chi connectivity index (χ3v) is 4.73. The molecule has 0 aromatic heterocycles. The SMILES string of the molecule is COc1ccc(OC)c(NC(=O)CCCOc2ccc(C(C)C)cc2Br)c1. The monoisotopic (exact) mass is 435 g/mol. The topological polar surface area (TPSA) is 56.8 Å². The molecule has 1 N–H and O–H groups in total. The van der Waals surface area contributed by atoms with Gasteiger partial charge in [-0.15, -0.1) is 0 Å². The average molecular weight is 436 g/mol. The van der Waals surface area contributed by atoms with E-state index in [1.807, 2.05) is 6.07 Å². The van der Waals surface area contributed by atoms with E-state index in [2.05, 4.69) is 47.2 Å². The van der Waals surface area contributed by atoms with Crippen molar-refractivity contribution in [3.8, 4) is 17.2 Å². The van der Waals surface area contributed by atoms with E-state index in [0.29, 0.717) is 42.6 Å². The van der Waals surface area contributed by atoms with E-state index in [1.165, 1.54) is 5.56 Å². The Bertz CT molecular complexity index is 777. The van der Waals surface area contributed by atoms with Crippen molar-refractivity contribution in [3.63, 3.8) is 0 Å². The van der Waals surface area contributed by atoms with Gasteiger partial charge in [0.15, 0.2) is 0 Å². The van der Waals surface area contributed by atoms with Crippen LogP contribution < -0.4 is 19.5 Å². The van der Waals surface area contributed by atoms with Gasteiger partial charge in [-0.05, 0) is 58.1 Å². The molecule has 146 valence electrons. The van der Waals surface area contributed by atoms with E-state index < -0.39 is 0 Å². The molecule has 0 unspecified atom stereocenters. The van der Waals surface area contributed by atoms with Crippen LogP contribution in [0, 0.1) is 0 Å². The summed E-state index contributed by atoms with van der Waals surface area (Å²) >= 11 is 3.54. The first kappa shape index (κ1) is 21.1. The van der Waals surface area contributed by atoms with Crippen LogP contribution >= 0.6 is 15.9 Å². The molecule has 27 heavy (non-hydrogen) atoms. The average Bonchev–Trinajstić information content (AvgIpc) is 2.65. The fourth-order valence-electron chi connectivity index (χ4n) is 2.53. The van der Waals surface area contributed by atoms with Crippen LogP contribution in [0.1, 0.15) is 38.2 Å². The van der Waals surface area contributed by atoms with Gasteiger partial charge in [0.05, 0.1) is 31.0 Å². The lowest BCUT2D eigenvalue weighted by atomic mass is 10.0. The molecule has 0 atom stereocenters. The van der Waals surface area contributed by atoms with Gasteiger partial charge in [0, 0.05) is 12.5 Å². The van der Waals surface area contributed by atoms with Crippen LogP contribution in [-0.4, -0.2) is 26.7 Å². The number of hydrogen-bond acceptors (Lipinski definition) is 4. The number of ether oxygens (including phenoxy) is 3. The summed E-state index contributed by atoms with van der Waals surface area (Å²) in [5.74, 6) is 2.40. The van der Waals surface area contributed by atoms with Gasteiger partial charge in [-0.1, -0.05) is 19.9 Å². The van der Waals surface area contributed by atoms with E-state index in [4.69, 9.17) is 14.2 Å². The summed E-state index contributed by atoms with van der Waals surface area (Å²) < 4.78 is 17.2. The Morgan fingerprint density at radius 3 is 2.44 bits per heavy atom. The first-order chi connectivity index (χ1) is 12.9. The number of nitrogens with one attached hydrogen (secondary N) is 1. The maximum Gasteiger partial charge on any atom is 0.224 e. The zero-order valence-corrected chi connectivity index (χ0v) is 17.8. The third kappa shape index (κ3) is 6.17. The number of halogens is 1. The van der Waals surface area contributed by atoms with E-state index >= 15 is 0 Å². The largest absolute Gasteiger partial charge is 0.497 e. The van der Waals surface area contributed by atoms with E-state index in [-0.39, 0.29) is 5.91 Å². The highest BCUT2D eigenvalue weighted by molar-refractivity contribution is 9.10. The second-order valence-electron chi connectivity index (χ2n) is 6.41. The maximum absolute atomic E-state index is 12.2. The van der Waals surface area contributed by atoms with Gasteiger partial charge in [0.1, 0.15) is 17.2 Å². The minimum atomic E-state index is -0.0978. The Kier molecular flexibility index (Phi) is 7.98. The fraction of sp³-hybridized carbons (Fsp3) is 0.381. The lowest BCUT2D eigenvalue weighted by molar-refractivity contribution is -0.116. The molecular weight excluding hydrogens is 410 g/mol. The van der Waals surface area contributed by atoms with Crippen molar-refractivity contribution < 1.29 is 19.0 Å². The highest BCUT2D eigenvalue weighted by atomic mass is 79.9. The van der Waals surface area contributed by atoms with Crippen molar-refractivity contribution >= 4 is 27.5 Å². The Morgan fingerprint density at radius 1 is 1.07 bits per heavy atom. The van der Waals surface area contributed by atoms with Crippen LogP contribution in [0.15, 0.2) is 40.9 Å². The smallest absolute Gasteiger partial charge is 0.224 e. The molecule has 6 heteroatoms. The van der Waals surface area contributed by atoms with Gasteiger partial charge in [0.25, 0.3) is 0 Å². The van der Waals surface area contributed by atoms with Crippen molar-refractivity contribution in [2.75, 3.05) is 26.1 Å². The van der Waals surface area contributed by atoms with Gasteiger partial charge in [-0.3, -0.25) is 4.79 Å². The maximum atomic E-state index is 12.2. The molecule has 0 spiro atoms. The first-order valence-corrected chi connectivity index (χ1v) is 9.68. The number of hydrogen-bond donors (Lipinski definition) is 1. The van der Waals surface area contributed by atoms with E-state index in [9.17, 15) is 4.79 Å². The summed E-state index contributed by atoms with van der Waals surface area (Å²) in [6, 6.07) is 11.4. The van der Waals surface area contributed by atoms with Gasteiger partial charge >= 0.3 is 0 Å². The van der Waals surface area contributed by atoms with Crippen LogP contribution in [0.2, 0.25) is 0 Å². The molecule has 0 heterocycles. The molecule has 0 aliphatic heterocycles. The summed E-state index contributed by atoms with van der Waals surface area (Å²) in [5.41, 5.74) is 1.84. The lowest BCUT2D eigenvalue weighted by Gasteiger charge is -2.13. The number of amides is 1. The zero-order valence-electron chi connectivity index (χ0n) is 16.2. The van der Waals surface area contributed by atoms with Crippen molar-refractivity contribution in [1.29, 1.82) is 0 Å². The summed E-state index contributed by atoms with van der Waals surface area (Å²) in [6.07, 6.45) is 0.957. The van der Waals surface area contributed by atoms with Crippen molar-refractivity contribution in [1.82, 2.24) is 0 Å². The van der Waals surface area contributed by atoms with Crippen LogP contribution in [0.4, 0.5) is 5.69 Å². The van der Waals surface area contributed by atoms with Crippen LogP contribution in [0.3, 0.4) is 0 Å². The molecule has 0 fully saturated rings. The molecule has 2 aromatic carbocycles. The summed E-state index contributed by atoms with van der Waals surface area (Å²) in [6.45, 7) is 4.76. The molecule has 2 aromatic rings. The number of rotatable bonds is 9. The number of methoxy groups -OCH3 is 2. The zero-order chi connectivity index (χ0) is 19.8. The highest BCUT2D eigenvalue weighted by Crippen LogP contribution is 2.30. The van der Waals surface area contributed by atoms with Gasteiger partial charge < -0.3 is 19.5 Å². The molecule has 0 radical (unpaired) electrons.